The maximum absolute atomic E-state index is 5.38. The van der Waals surface area contributed by atoms with Crippen molar-refractivity contribution in [3.8, 4) is 5.75 Å². The fourth-order valence-electron chi connectivity index (χ4n) is 2.21. The van der Waals surface area contributed by atoms with E-state index < -0.39 is 0 Å². The Morgan fingerprint density at radius 2 is 2.24 bits per heavy atom. The second-order valence-corrected chi connectivity index (χ2v) is 4.44. The molecule has 1 fully saturated rings. The molecule has 0 radical (unpaired) electrons. The van der Waals surface area contributed by atoms with Crippen molar-refractivity contribution in [1.82, 2.24) is 4.98 Å². The Kier molecular flexibility index (Phi) is 4.20. The van der Waals surface area contributed by atoms with Gasteiger partial charge in [-0.2, -0.15) is 0 Å². The van der Waals surface area contributed by atoms with E-state index in [2.05, 4.69) is 17.2 Å². The molecule has 4 nitrogen and oxygen atoms in total. The molecular formula is C13H20N2O2. The molecule has 1 aromatic heterocycles. The summed E-state index contributed by atoms with van der Waals surface area (Å²) in [5.41, 5.74) is 0. The van der Waals surface area contributed by atoms with E-state index in [4.69, 9.17) is 9.47 Å². The highest BCUT2D eigenvalue weighted by Crippen LogP contribution is 2.25. The van der Waals surface area contributed by atoms with Crippen LogP contribution in [0.15, 0.2) is 18.3 Å². The maximum atomic E-state index is 5.38. The number of rotatable bonds is 4. The monoisotopic (exact) mass is 236 g/mol. The van der Waals surface area contributed by atoms with Gasteiger partial charge in [-0.15, -0.1) is 0 Å². The van der Waals surface area contributed by atoms with E-state index in [0.29, 0.717) is 12.0 Å². The summed E-state index contributed by atoms with van der Waals surface area (Å²) in [6.07, 6.45) is 4.01. The van der Waals surface area contributed by atoms with E-state index in [9.17, 15) is 0 Å². The van der Waals surface area contributed by atoms with Gasteiger partial charge in [0.25, 0.3) is 0 Å². The summed E-state index contributed by atoms with van der Waals surface area (Å²) in [6, 6.07) is 4.19. The highest BCUT2D eigenvalue weighted by Gasteiger charge is 2.21. The van der Waals surface area contributed by atoms with Crippen LogP contribution in [0.25, 0.3) is 0 Å². The molecule has 0 bridgehead atoms. The van der Waals surface area contributed by atoms with Crippen LogP contribution in [0.3, 0.4) is 0 Å². The number of ether oxygens (including phenoxy) is 2. The average molecular weight is 236 g/mol. The average Bonchev–Trinajstić information content (AvgIpc) is 2.40. The molecule has 17 heavy (non-hydrogen) atoms. The number of nitrogens with one attached hydrogen (secondary N) is 1. The van der Waals surface area contributed by atoms with E-state index in [1.807, 2.05) is 12.1 Å². The molecule has 0 aromatic carbocycles. The lowest BCUT2D eigenvalue weighted by atomic mass is 9.93. The van der Waals surface area contributed by atoms with Gasteiger partial charge in [-0.25, -0.2) is 4.98 Å². The number of anilines is 1. The Morgan fingerprint density at radius 1 is 1.47 bits per heavy atom. The van der Waals surface area contributed by atoms with Gasteiger partial charge in [-0.3, -0.25) is 0 Å². The zero-order valence-corrected chi connectivity index (χ0v) is 10.5. The summed E-state index contributed by atoms with van der Waals surface area (Å²) in [5, 5.41) is 3.44. The first-order valence-electron chi connectivity index (χ1n) is 6.14. The molecule has 0 saturated carbocycles. The molecule has 1 unspecified atom stereocenters. The van der Waals surface area contributed by atoms with Gasteiger partial charge in [0.1, 0.15) is 0 Å². The van der Waals surface area contributed by atoms with Crippen molar-refractivity contribution in [3.63, 3.8) is 0 Å². The molecule has 0 spiro atoms. The van der Waals surface area contributed by atoms with Gasteiger partial charge in [0.05, 0.1) is 7.11 Å². The van der Waals surface area contributed by atoms with E-state index in [0.717, 1.165) is 37.6 Å². The van der Waals surface area contributed by atoms with Crippen molar-refractivity contribution in [2.24, 2.45) is 5.92 Å². The SMILES string of the molecule is COc1cccnc1NC(C)C1CCOCC1. The minimum Gasteiger partial charge on any atom is -0.493 e. The summed E-state index contributed by atoms with van der Waals surface area (Å²) in [5.74, 6) is 2.27. The van der Waals surface area contributed by atoms with Crippen LogP contribution >= 0.6 is 0 Å². The first-order chi connectivity index (χ1) is 8.31. The van der Waals surface area contributed by atoms with Crippen molar-refractivity contribution in [3.05, 3.63) is 18.3 Å². The minimum absolute atomic E-state index is 0.391. The molecule has 1 aromatic rings. The fraction of sp³-hybridized carbons (Fsp3) is 0.615. The van der Waals surface area contributed by atoms with Crippen molar-refractivity contribution < 1.29 is 9.47 Å². The van der Waals surface area contributed by atoms with Crippen LogP contribution in [0.4, 0.5) is 5.82 Å². The number of aromatic nitrogens is 1. The zero-order valence-electron chi connectivity index (χ0n) is 10.5. The molecule has 2 heterocycles. The predicted molar refractivity (Wildman–Crippen MR) is 67.4 cm³/mol. The van der Waals surface area contributed by atoms with Crippen LogP contribution in [0.5, 0.6) is 5.75 Å². The second-order valence-electron chi connectivity index (χ2n) is 4.44. The third kappa shape index (κ3) is 3.09. The van der Waals surface area contributed by atoms with E-state index in [-0.39, 0.29) is 0 Å². The molecule has 1 N–H and O–H groups in total. The van der Waals surface area contributed by atoms with Crippen LogP contribution < -0.4 is 10.1 Å². The fourth-order valence-corrected chi connectivity index (χ4v) is 2.21. The van der Waals surface area contributed by atoms with E-state index in [1.54, 1.807) is 13.3 Å². The van der Waals surface area contributed by atoms with E-state index in [1.165, 1.54) is 0 Å². The van der Waals surface area contributed by atoms with Crippen LogP contribution in [-0.2, 0) is 4.74 Å². The lowest BCUT2D eigenvalue weighted by Gasteiger charge is -2.29. The van der Waals surface area contributed by atoms with Crippen LogP contribution in [0.2, 0.25) is 0 Å². The second kappa shape index (κ2) is 5.87. The van der Waals surface area contributed by atoms with Gasteiger partial charge in [0, 0.05) is 25.5 Å². The molecule has 4 heteroatoms. The van der Waals surface area contributed by atoms with Crippen molar-refractivity contribution >= 4 is 5.82 Å². The highest BCUT2D eigenvalue weighted by atomic mass is 16.5. The summed E-state index contributed by atoms with van der Waals surface area (Å²) in [6.45, 7) is 3.94. The number of hydrogen-bond donors (Lipinski definition) is 1. The molecule has 1 atom stereocenters. The third-order valence-corrected chi connectivity index (χ3v) is 3.33. The molecular weight excluding hydrogens is 216 g/mol. The summed E-state index contributed by atoms with van der Waals surface area (Å²) in [4.78, 5) is 4.32. The molecule has 94 valence electrons. The Bertz CT molecular complexity index is 351. The summed E-state index contributed by atoms with van der Waals surface area (Å²) >= 11 is 0. The topological polar surface area (TPSA) is 43.4 Å². The lowest BCUT2D eigenvalue weighted by molar-refractivity contribution is 0.0622. The summed E-state index contributed by atoms with van der Waals surface area (Å²) in [7, 11) is 1.67. The molecule has 1 saturated heterocycles. The van der Waals surface area contributed by atoms with Crippen LogP contribution in [0, 0.1) is 5.92 Å². The lowest BCUT2D eigenvalue weighted by Crippen LogP contribution is -2.31. The zero-order chi connectivity index (χ0) is 12.1. The molecule has 0 amide bonds. The van der Waals surface area contributed by atoms with Crippen LogP contribution in [-0.4, -0.2) is 31.3 Å². The van der Waals surface area contributed by atoms with Gasteiger partial charge < -0.3 is 14.8 Å². The Labute approximate surface area is 102 Å². The third-order valence-electron chi connectivity index (χ3n) is 3.33. The maximum Gasteiger partial charge on any atom is 0.168 e. The number of hydrogen-bond acceptors (Lipinski definition) is 4. The first kappa shape index (κ1) is 12.2. The largest absolute Gasteiger partial charge is 0.493 e. The normalized spacial score (nSPS) is 18.7. The van der Waals surface area contributed by atoms with E-state index >= 15 is 0 Å². The molecule has 1 aliphatic heterocycles. The first-order valence-corrected chi connectivity index (χ1v) is 6.14. The van der Waals surface area contributed by atoms with Gasteiger partial charge in [0.15, 0.2) is 11.6 Å². The Hall–Kier alpha value is -1.29. The molecule has 1 aliphatic rings. The quantitative estimate of drug-likeness (QED) is 0.871. The Morgan fingerprint density at radius 3 is 2.94 bits per heavy atom. The Balaban J connectivity index is 1.99. The highest BCUT2D eigenvalue weighted by molar-refractivity contribution is 5.50. The van der Waals surface area contributed by atoms with Gasteiger partial charge in [0.2, 0.25) is 0 Å². The van der Waals surface area contributed by atoms with Crippen molar-refractivity contribution in [2.45, 2.75) is 25.8 Å². The minimum atomic E-state index is 0.391. The van der Waals surface area contributed by atoms with Crippen molar-refractivity contribution in [2.75, 3.05) is 25.6 Å². The van der Waals surface area contributed by atoms with Crippen molar-refractivity contribution in [1.29, 1.82) is 0 Å². The number of nitrogens with zero attached hydrogens (tertiary/aromatic N) is 1. The molecule has 2 rings (SSSR count). The number of methoxy groups -OCH3 is 1. The summed E-state index contributed by atoms with van der Waals surface area (Å²) < 4.78 is 10.7. The molecule has 0 aliphatic carbocycles. The predicted octanol–water partition coefficient (Wildman–Crippen LogP) is 2.32. The van der Waals surface area contributed by atoms with Gasteiger partial charge in [-0.1, -0.05) is 0 Å². The smallest absolute Gasteiger partial charge is 0.168 e. The number of pyridine rings is 1. The van der Waals surface area contributed by atoms with Gasteiger partial charge >= 0.3 is 0 Å². The van der Waals surface area contributed by atoms with Gasteiger partial charge in [-0.05, 0) is 37.8 Å². The van der Waals surface area contributed by atoms with Crippen LogP contribution in [0.1, 0.15) is 19.8 Å². The standard InChI is InChI=1S/C13H20N2O2/c1-10(11-5-8-17-9-6-11)15-13-12(16-2)4-3-7-14-13/h3-4,7,10-11H,5-6,8-9H2,1-2H3,(H,14,15).